The maximum atomic E-state index is 11.8. The maximum Gasteiger partial charge on any atom is 0.224 e. The number of hydrogen-bond donors (Lipinski definition) is 2. The topological polar surface area (TPSA) is 64.3 Å². The van der Waals surface area contributed by atoms with Crippen molar-refractivity contribution in [1.82, 2.24) is 0 Å². The summed E-state index contributed by atoms with van der Waals surface area (Å²) in [7, 11) is 0. The molecule has 0 spiro atoms. The number of carbonyl (C=O) groups excluding carboxylic acids is 1. The van der Waals surface area contributed by atoms with Gasteiger partial charge in [-0.05, 0) is 43.7 Å². The summed E-state index contributed by atoms with van der Waals surface area (Å²) in [5.74, 6) is 1.08. The number of hydrogen-bond acceptors (Lipinski definition) is 3. The fourth-order valence-corrected chi connectivity index (χ4v) is 1.67. The SMILES string of the molecule is CCOc1ccc(NC(=O)CC(CC)CN)cc1. The van der Waals surface area contributed by atoms with E-state index in [9.17, 15) is 4.79 Å². The third kappa shape index (κ3) is 4.75. The molecule has 0 aliphatic heterocycles. The van der Waals surface area contributed by atoms with Crippen LogP contribution < -0.4 is 15.8 Å². The standard InChI is InChI=1S/C14H22N2O2/c1-3-11(10-15)9-14(17)16-12-5-7-13(8-6-12)18-4-2/h5-8,11H,3-4,9-10,15H2,1-2H3,(H,16,17). The lowest BCUT2D eigenvalue weighted by atomic mass is 10.0. The number of carbonyl (C=O) groups is 1. The Bertz CT molecular complexity index is 359. The lowest BCUT2D eigenvalue weighted by Gasteiger charge is -2.12. The molecule has 0 saturated heterocycles. The molecule has 18 heavy (non-hydrogen) atoms. The first kappa shape index (κ1) is 14.5. The summed E-state index contributed by atoms with van der Waals surface area (Å²) in [5.41, 5.74) is 6.37. The number of rotatable bonds is 7. The summed E-state index contributed by atoms with van der Waals surface area (Å²) >= 11 is 0. The molecule has 0 aliphatic carbocycles. The van der Waals surface area contributed by atoms with Gasteiger partial charge < -0.3 is 15.8 Å². The molecule has 0 fully saturated rings. The van der Waals surface area contributed by atoms with Crippen molar-refractivity contribution in [1.29, 1.82) is 0 Å². The average molecular weight is 250 g/mol. The fourth-order valence-electron chi connectivity index (χ4n) is 1.67. The van der Waals surface area contributed by atoms with Crippen LogP contribution in [0.3, 0.4) is 0 Å². The highest BCUT2D eigenvalue weighted by Gasteiger charge is 2.10. The van der Waals surface area contributed by atoms with E-state index >= 15 is 0 Å². The first-order valence-corrected chi connectivity index (χ1v) is 6.42. The second-order valence-corrected chi connectivity index (χ2v) is 4.22. The van der Waals surface area contributed by atoms with Crippen LogP contribution in [-0.4, -0.2) is 19.1 Å². The summed E-state index contributed by atoms with van der Waals surface area (Å²) < 4.78 is 5.34. The van der Waals surface area contributed by atoms with Crippen LogP contribution in [0.1, 0.15) is 26.7 Å². The first-order valence-electron chi connectivity index (χ1n) is 6.42. The van der Waals surface area contributed by atoms with Gasteiger partial charge >= 0.3 is 0 Å². The molecule has 3 N–H and O–H groups in total. The number of nitrogens with two attached hydrogens (primary N) is 1. The molecule has 1 atom stereocenters. The van der Waals surface area contributed by atoms with Crippen molar-refractivity contribution in [2.75, 3.05) is 18.5 Å². The Morgan fingerprint density at radius 1 is 1.33 bits per heavy atom. The monoisotopic (exact) mass is 250 g/mol. The van der Waals surface area contributed by atoms with E-state index in [1.807, 2.05) is 38.1 Å². The van der Waals surface area contributed by atoms with Crippen molar-refractivity contribution in [2.24, 2.45) is 11.7 Å². The summed E-state index contributed by atoms with van der Waals surface area (Å²) in [4.78, 5) is 11.8. The molecule has 0 aliphatic rings. The highest BCUT2D eigenvalue weighted by Crippen LogP contribution is 2.16. The molecule has 0 radical (unpaired) electrons. The minimum absolute atomic E-state index is 0.0106. The lowest BCUT2D eigenvalue weighted by molar-refractivity contribution is -0.117. The second-order valence-electron chi connectivity index (χ2n) is 4.22. The predicted molar refractivity (Wildman–Crippen MR) is 73.7 cm³/mol. The van der Waals surface area contributed by atoms with Crippen LogP contribution in [0, 0.1) is 5.92 Å². The Hall–Kier alpha value is -1.55. The summed E-state index contributed by atoms with van der Waals surface area (Å²) in [5, 5.41) is 2.86. The Morgan fingerprint density at radius 2 is 2.00 bits per heavy atom. The van der Waals surface area contributed by atoms with Crippen molar-refractivity contribution in [3.63, 3.8) is 0 Å². The maximum absolute atomic E-state index is 11.8. The van der Waals surface area contributed by atoms with E-state index in [4.69, 9.17) is 10.5 Å². The number of benzene rings is 1. The van der Waals surface area contributed by atoms with Crippen LogP contribution in [0.2, 0.25) is 0 Å². The van der Waals surface area contributed by atoms with Crippen LogP contribution in [0.5, 0.6) is 5.75 Å². The Balaban J connectivity index is 2.48. The molecule has 0 bridgehead atoms. The number of anilines is 1. The number of amides is 1. The van der Waals surface area contributed by atoms with Crippen molar-refractivity contribution in [3.05, 3.63) is 24.3 Å². The average Bonchev–Trinajstić information content (AvgIpc) is 2.38. The van der Waals surface area contributed by atoms with Gasteiger partial charge in [-0.2, -0.15) is 0 Å². The van der Waals surface area contributed by atoms with Crippen molar-refractivity contribution < 1.29 is 9.53 Å². The molecule has 1 aromatic rings. The zero-order valence-corrected chi connectivity index (χ0v) is 11.1. The highest BCUT2D eigenvalue weighted by atomic mass is 16.5. The van der Waals surface area contributed by atoms with Gasteiger partial charge in [0, 0.05) is 12.1 Å². The summed E-state index contributed by atoms with van der Waals surface area (Å²) in [6, 6.07) is 7.37. The minimum Gasteiger partial charge on any atom is -0.494 e. The van der Waals surface area contributed by atoms with Crippen LogP contribution in [0.4, 0.5) is 5.69 Å². The van der Waals surface area contributed by atoms with Gasteiger partial charge in [-0.15, -0.1) is 0 Å². The molecule has 0 heterocycles. The van der Waals surface area contributed by atoms with Gasteiger partial charge in [-0.3, -0.25) is 4.79 Å². The van der Waals surface area contributed by atoms with Gasteiger partial charge in [0.25, 0.3) is 0 Å². The van der Waals surface area contributed by atoms with E-state index < -0.39 is 0 Å². The molecule has 1 unspecified atom stereocenters. The van der Waals surface area contributed by atoms with Crippen molar-refractivity contribution >= 4 is 11.6 Å². The second kappa shape index (κ2) is 7.71. The minimum atomic E-state index is 0.0106. The van der Waals surface area contributed by atoms with Crippen LogP contribution in [0.25, 0.3) is 0 Å². The molecular formula is C14H22N2O2. The summed E-state index contributed by atoms with van der Waals surface area (Å²) in [6.45, 7) is 5.17. The van der Waals surface area contributed by atoms with E-state index in [1.54, 1.807) is 0 Å². The van der Waals surface area contributed by atoms with E-state index in [0.717, 1.165) is 17.9 Å². The molecule has 0 saturated carbocycles. The quantitative estimate of drug-likeness (QED) is 0.781. The smallest absolute Gasteiger partial charge is 0.224 e. The summed E-state index contributed by atoms with van der Waals surface area (Å²) in [6.07, 6.45) is 1.40. The molecule has 4 heteroatoms. The van der Waals surface area contributed by atoms with Gasteiger partial charge in [0.1, 0.15) is 5.75 Å². The Labute approximate surface area is 109 Å². The van der Waals surface area contributed by atoms with Crippen LogP contribution in [-0.2, 0) is 4.79 Å². The Morgan fingerprint density at radius 3 is 2.50 bits per heavy atom. The zero-order chi connectivity index (χ0) is 13.4. The third-order valence-corrected chi connectivity index (χ3v) is 2.83. The molecule has 1 aromatic carbocycles. The molecule has 4 nitrogen and oxygen atoms in total. The van der Waals surface area contributed by atoms with Gasteiger partial charge in [-0.1, -0.05) is 13.3 Å². The zero-order valence-electron chi connectivity index (χ0n) is 11.1. The number of nitrogens with one attached hydrogen (secondary N) is 1. The van der Waals surface area contributed by atoms with Gasteiger partial charge in [0.15, 0.2) is 0 Å². The lowest BCUT2D eigenvalue weighted by Crippen LogP contribution is -2.21. The van der Waals surface area contributed by atoms with Crippen LogP contribution >= 0.6 is 0 Å². The Kier molecular flexibility index (Phi) is 6.22. The van der Waals surface area contributed by atoms with Gasteiger partial charge in [-0.25, -0.2) is 0 Å². The molecule has 0 aromatic heterocycles. The third-order valence-electron chi connectivity index (χ3n) is 2.83. The van der Waals surface area contributed by atoms with Crippen molar-refractivity contribution in [3.8, 4) is 5.75 Å². The van der Waals surface area contributed by atoms with Crippen molar-refractivity contribution in [2.45, 2.75) is 26.7 Å². The highest BCUT2D eigenvalue weighted by molar-refractivity contribution is 5.90. The van der Waals surface area contributed by atoms with E-state index in [0.29, 0.717) is 19.6 Å². The number of ether oxygens (including phenoxy) is 1. The van der Waals surface area contributed by atoms with Crippen LogP contribution in [0.15, 0.2) is 24.3 Å². The van der Waals surface area contributed by atoms with E-state index in [2.05, 4.69) is 5.32 Å². The van der Waals surface area contributed by atoms with E-state index in [-0.39, 0.29) is 11.8 Å². The fraction of sp³-hybridized carbons (Fsp3) is 0.500. The molecule has 100 valence electrons. The predicted octanol–water partition coefficient (Wildman–Crippen LogP) is 2.40. The van der Waals surface area contributed by atoms with Gasteiger partial charge in [0.2, 0.25) is 5.91 Å². The first-order chi connectivity index (χ1) is 8.69. The normalized spacial score (nSPS) is 11.9. The van der Waals surface area contributed by atoms with E-state index in [1.165, 1.54) is 0 Å². The molecule has 1 amide bonds. The molecular weight excluding hydrogens is 228 g/mol. The van der Waals surface area contributed by atoms with Gasteiger partial charge in [0.05, 0.1) is 6.61 Å². The largest absolute Gasteiger partial charge is 0.494 e. The molecule has 1 rings (SSSR count).